The maximum Gasteiger partial charge on any atom is 0.248 e. The van der Waals surface area contributed by atoms with Gasteiger partial charge >= 0.3 is 0 Å². The van der Waals surface area contributed by atoms with Crippen molar-refractivity contribution in [2.24, 2.45) is 0 Å². The number of rotatable bonds is 6. The van der Waals surface area contributed by atoms with Gasteiger partial charge in [0.1, 0.15) is 12.3 Å². The van der Waals surface area contributed by atoms with E-state index in [1.165, 1.54) is 16.8 Å². The van der Waals surface area contributed by atoms with Crippen molar-refractivity contribution in [2.75, 3.05) is 37.7 Å². The summed E-state index contributed by atoms with van der Waals surface area (Å²) < 4.78 is 10.9. The molecule has 0 bridgehead atoms. The molecule has 1 fully saturated rings. The quantitative estimate of drug-likeness (QED) is 0.616. The van der Waals surface area contributed by atoms with Crippen molar-refractivity contribution in [3.05, 3.63) is 58.6 Å². The Balaban J connectivity index is 1.23. The first-order valence-electron chi connectivity index (χ1n) is 9.77. The Morgan fingerprint density at radius 2 is 2.00 bits per heavy atom. The van der Waals surface area contributed by atoms with E-state index < -0.39 is 0 Å². The van der Waals surface area contributed by atoms with Crippen molar-refractivity contribution >= 4 is 22.9 Å². The Morgan fingerprint density at radius 1 is 1.17 bits per heavy atom. The van der Waals surface area contributed by atoms with Gasteiger partial charge in [0.05, 0.1) is 11.5 Å². The molecule has 2 aromatic heterocycles. The molecule has 0 radical (unpaired) electrons. The highest BCUT2D eigenvalue weighted by molar-refractivity contribution is 7.13. The summed E-state index contributed by atoms with van der Waals surface area (Å²) in [6.45, 7) is 7.66. The Kier molecular flexibility index (Phi) is 5.97. The van der Waals surface area contributed by atoms with Crippen LogP contribution in [0, 0.1) is 13.8 Å². The van der Waals surface area contributed by atoms with Crippen molar-refractivity contribution in [1.29, 1.82) is 0 Å². The Morgan fingerprint density at radius 3 is 2.76 bits per heavy atom. The van der Waals surface area contributed by atoms with E-state index in [0.29, 0.717) is 18.8 Å². The molecule has 152 valence electrons. The minimum Gasteiger partial charge on any atom is -0.368 e. The van der Waals surface area contributed by atoms with Gasteiger partial charge in [-0.05, 0) is 42.5 Å². The number of aryl methyl sites for hydroxylation is 2. The molecule has 6 nitrogen and oxygen atoms in total. The summed E-state index contributed by atoms with van der Waals surface area (Å²) in [4.78, 5) is 17.7. The second-order valence-corrected chi connectivity index (χ2v) is 8.26. The summed E-state index contributed by atoms with van der Waals surface area (Å²) in [6, 6.07) is 12.3. The first kappa shape index (κ1) is 19.7. The second-order valence-electron chi connectivity index (χ2n) is 7.31. The van der Waals surface area contributed by atoms with E-state index in [-0.39, 0.29) is 19.1 Å². The molecule has 3 heterocycles. The second kappa shape index (κ2) is 8.80. The predicted molar refractivity (Wildman–Crippen MR) is 114 cm³/mol. The van der Waals surface area contributed by atoms with Gasteiger partial charge in [0.25, 0.3) is 0 Å². The van der Waals surface area contributed by atoms with E-state index in [2.05, 4.69) is 42.1 Å². The van der Waals surface area contributed by atoms with Crippen LogP contribution < -0.4 is 4.90 Å². The van der Waals surface area contributed by atoms with Crippen LogP contribution in [0.2, 0.25) is 0 Å². The molecule has 1 aliphatic rings. The van der Waals surface area contributed by atoms with E-state index in [9.17, 15) is 4.79 Å². The smallest absolute Gasteiger partial charge is 0.248 e. The van der Waals surface area contributed by atoms with Crippen LogP contribution in [0.25, 0.3) is 10.6 Å². The minimum absolute atomic E-state index is 0.0209. The van der Waals surface area contributed by atoms with Gasteiger partial charge < -0.3 is 19.1 Å². The Bertz CT molecular complexity index is 960. The van der Waals surface area contributed by atoms with Gasteiger partial charge in [-0.15, -0.1) is 11.3 Å². The van der Waals surface area contributed by atoms with Crippen molar-refractivity contribution in [3.63, 3.8) is 0 Å². The molecule has 0 saturated carbocycles. The molecule has 1 aromatic carbocycles. The van der Waals surface area contributed by atoms with E-state index in [0.717, 1.165) is 23.7 Å². The van der Waals surface area contributed by atoms with Crippen LogP contribution in [0.5, 0.6) is 0 Å². The first-order chi connectivity index (χ1) is 14.1. The highest BCUT2D eigenvalue weighted by Gasteiger charge is 2.22. The van der Waals surface area contributed by atoms with E-state index in [4.69, 9.17) is 9.26 Å². The van der Waals surface area contributed by atoms with Gasteiger partial charge in [-0.1, -0.05) is 23.4 Å². The lowest BCUT2D eigenvalue weighted by atomic mass is 10.1. The number of hydrogen-bond acceptors (Lipinski definition) is 6. The lowest BCUT2D eigenvalue weighted by Crippen LogP contribution is -2.50. The fourth-order valence-corrected chi connectivity index (χ4v) is 4.18. The van der Waals surface area contributed by atoms with Gasteiger partial charge in [-0.25, -0.2) is 0 Å². The molecule has 4 rings (SSSR count). The minimum atomic E-state index is 0.0209. The summed E-state index contributed by atoms with van der Waals surface area (Å²) in [6.07, 6.45) is 0. The van der Waals surface area contributed by atoms with Gasteiger partial charge in [0.15, 0.2) is 5.76 Å². The zero-order valence-electron chi connectivity index (χ0n) is 16.8. The highest BCUT2D eigenvalue weighted by Crippen LogP contribution is 2.25. The monoisotopic (exact) mass is 411 g/mol. The average Bonchev–Trinajstić information content (AvgIpc) is 3.42. The number of carbonyl (C=O) groups excluding carboxylic acids is 1. The first-order valence-corrected chi connectivity index (χ1v) is 10.7. The van der Waals surface area contributed by atoms with Gasteiger partial charge in [-0.2, -0.15) is 0 Å². The zero-order valence-corrected chi connectivity index (χ0v) is 17.6. The number of nitrogens with zero attached hydrogens (tertiary/aromatic N) is 3. The summed E-state index contributed by atoms with van der Waals surface area (Å²) in [5.74, 6) is 0.750. The fourth-order valence-electron chi connectivity index (χ4n) is 3.51. The Hall–Kier alpha value is -2.64. The Labute approximate surface area is 174 Å². The maximum atomic E-state index is 12.5. The number of ether oxygens (including phenoxy) is 1. The molecule has 1 aliphatic heterocycles. The molecule has 0 atom stereocenters. The number of carbonyl (C=O) groups is 1. The third-order valence-electron chi connectivity index (χ3n) is 5.14. The number of aromatic nitrogens is 1. The van der Waals surface area contributed by atoms with Crippen molar-refractivity contribution in [2.45, 2.75) is 20.5 Å². The topological polar surface area (TPSA) is 58.8 Å². The van der Waals surface area contributed by atoms with Gasteiger partial charge in [-0.3, -0.25) is 4.79 Å². The zero-order chi connectivity index (χ0) is 20.2. The summed E-state index contributed by atoms with van der Waals surface area (Å²) in [5.41, 5.74) is 4.49. The third-order valence-corrected chi connectivity index (χ3v) is 6.02. The number of thiophene rings is 1. The standard InChI is InChI=1S/C22H25N3O3S/c1-16-5-6-17(2)19(12-16)24-7-9-25(10-8-24)22(26)15-27-14-18-13-20(28-23-18)21-4-3-11-29-21/h3-6,11-13H,7-10,14-15H2,1-2H3. The number of anilines is 1. The summed E-state index contributed by atoms with van der Waals surface area (Å²) in [5, 5.41) is 6.01. The number of piperazine rings is 1. The number of benzene rings is 1. The van der Waals surface area contributed by atoms with Crippen LogP contribution in [-0.2, 0) is 16.1 Å². The molecule has 29 heavy (non-hydrogen) atoms. The van der Waals surface area contributed by atoms with Crippen LogP contribution in [0.15, 0.2) is 46.3 Å². The summed E-state index contributed by atoms with van der Waals surface area (Å²) in [7, 11) is 0. The van der Waals surface area contributed by atoms with E-state index in [1.807, 2.05) is 28.5 Å². The normalized spacial score (nSPS) is 14.4. The maximum absolute atomic E-state index is 12.5. The average molecular weight is 412 g/mol. The molecule has 7 heteroatoms. The molecular formula is C22H25N3O3S. The van der Waals surface area contributed by atoms with Crippen molar-refractivity contribution in [1.82, 2.24) is 10.1 Å². The number of amides is 1. The third kappa shape index (κ3) is 4.68. The molecule has 0 aliphatic carbocycles. The predicted octanol–water partition coefficient (Wildman–Crippen LogP) is 3.89. The van der Waals surface area contributed by atoms with Crippen LogP contribution in [0.4, 0.5) is 5.69 Å². The van der Waals surface area contributed by atoms with E-state index in [1.54, 1.807) is 11.3 Å². The van der Waals surface area contributed by atoms with E-state index >= 15 is 0 Å². The molecule has 0 unspecified atom stereocenters. The lowest BCUT2D eigenvalue weighted by Gasteiger charge is -2.37. The molecule has 3 aromatic rings. The number of hydrogen-bond donors (Lipinski definition) is 0. The van der Waals surface area contributed by atoms with Gasteiger partial charge in [0, 0.05) is 37.9 Å². The molecular weight excluding hydrogens is 386 g/mol. The largest absolute Gasteiger partial charge is 0.368 e. The lowest BCUT2D eigenvalue weighted by molar-refractivity contribution is -0.136. The highest BCUT2D eigenvalue weighted by atomic mass is 32.1. The van der Waals surface area contributed by atoms with Crippen LogP contribution in [-0.4, -0.2) is 48.7 Å². The SMILES string of the molecule is Cc1ccc(C)c(N2CCN(C(=O)COCc3cc(-c4cccs4)on3)CC2)c1. The molecule has 1 amide bonds. The summed E-state index contributed by atoms with van der Waals surface area (Å²) >= 11 is 1.60. The van der Waals surface area contributed by atoms with Crippen LogP contribution in [0.3, 0.4) is 0 Å². The van der Waals surface area contributed by atoms with Gasteiger partial charge in [0.2, 0.25) is 5.91 Å². The van der Waals surface area contributed by atoms with Crippen molar-refractivity contribution < 1.29 is 14.1 Å². The molecule has 0 N–H and O–H groups in total. The van der Waals surface area contributed by atoms with Crippen LogP contribution in [0.1, 0.15) is 16.8 Å². The molecule has 1 saturated heterocycles. The van der Waals surface area contributed by atoms with Crippen molar-refractivity contribution in [3.8, 4) is 10.6 Å². The fraction of sp³-hybridized carbons (Fsp3) is 0.364. The molecule has 0 spiro atoms. The van der Waals surface area contributed by atoms with Crippen LogP contribution >= 0.6 is 11.3 Å².